The molecule has 1 saturated carbocycles. The van der Waals surface area contributed by atoms with Crippen molar-refractivity contribution in [1.82, 2.24) is 5.32 Å². The Bertz CT molecular complexity index is 499. The lowest BCUT2D eigenvalue weighted by Gasteiger charge is -2.14. The molecule has 0 saturated heterocycles. The SMILES string of the molecule is O=C(Nc1cc(C(=O)O)ccc1Br)NC1CCCC1. The van der Waals surface area contributed by atoms with E-state index in [9.17, 15) is 9.59 Å². The van der Waals surface area contributed by atoms with Crippen LogP contribution >= 0.6 is 15.9 Å². The summed E-state index contributed by atoms with van der Waals surface area (Å²) in [6.07, 6.45) is 4.29. The number of halogens is 1. The van der Waals surface area contributed by atoms with Crippen molar-refractivity contribution in [2.45, 2.75) is 31.7 Å². The van der Waals surface area contributed by atoms with E-state index < -0.39 is 5.97 Å². The van der Waals surface area contributed by atoms with Crippen LogP contribution in [0.1, 0.15) is 36.0 Å². The van der Waals surface area contributed by atoms with Gasteiger partial charge in [0.1, 0.15) is 0 Å². The molecule has 0 aromatic heterocycles. The van der Waals surface area contributed by atoms with Crippen LogP contribution in [0.3, 0.4) is 0 Å². The minimum absolute atomic E-state index is 0.138. The van der Waals surface area contributed by atoms with Crippen LogP contribution in [0.2, 0.25) is 0 Å². The van der Waals surface area contributed by atoms with E-state index in [2.05, 4.69) is 26.6 Å². The summed E-state index contributed by atoms with van der Waals surface area (Å²) in [6, 6.07) is 4.44. The maximum absolute atomic E-state index is 11.8. The molecular formula is C13H15BrN2O3. The van der Waals surface area contributed by atoms with Gasteiger partial charge < -0.3 is 15.7 Å². The molecule has 0 heterocycles. The second-order valence-electron chi connectivity index (χ2n) is 4.58. The van der Waals surface area contributed by atoms with Gasteiger partial charge in [-0.2, -0.15) is 0 Å². The predicted molar refractivity (Wildman–Crippen MR) is 75.5 cm³/mol. The summed E-state index contributed by atoms with van der Waals surface area (Å²) in [4.78, 5) is 22.7. The number of nitrogens with one attached hydrogen (secondary N) is 2. The van der Waals surface area contributed by atoms with E-state index >= 15 is 0 Å². The molecule has 0 unspecified atom stereocenters. The first kappa shape index (κ1) is 13.9. The Kier molecular flexibility index (Phi) is 4.42. The summed E-state index contributed by atoms with van der Waals surface area (Å²) in [5.41, 5.74) is 0.592. The first-order chi connectivity index (χ1) is 9.06. The van der Waals surface area contributed by atoms with Gasteiger partial charge >= 0.3 is 12.0 Å². The van der Waals surface area contributed by atoms with Gasteiger partial charge in [0, 0.05) is 10.5 Å². The Balaban J connectivity index is 2.02. The highest BCUT2D eigenvalue weighted by molar-refractivity contribution is 9.10. The highest BCUT2D eigenvalue weighted by Gasteiger charge is 2.17. The second kappa shape index (κ2) is 6.06. The first-order valence-corrected chi connectivity index (χ1v) is 6.96. The molecule has 3 N–H and O–H groups in total. The largest absolute Gasteiger partial charge is 0.478 e. The average Bonchev–Trinajstić information content (AvgIpc) is 2.84. The van der Waals surface area contributed by atoms with E-state index in [1.807, 2.05) is 0 Å². The molecule has 2 rings (SSSR count). The van der Waals surface area contributed by atoms with Gasteiger partial charge in [0.25, 0.3) is 0 Å². The number of hydrogen-bond donors (Lipinski definition) is 3. The quantitative estimate of drug-likeness (QED) is 0.798. The molecule has 1 aliphatic carbocycles. The first-order valence-electron chi connectivity index (χ1n) is 6.16. The molecule has 5 nitrogen and oxygen atoms in total. The highest BCUT2D eigenvalue weighted by atomic mass is 79.9. The van der Waals surface area contributed by atoms with Crippen LogP contribution in [0.4, 0.5) is 10.5 Å². The van der Waals surface area contributed by atoms with Crippen LogP contribution in [0.25, 0.3) is 0 Å². The number of anilines is 1. The van der Waals surface area contributed by atoms with Gasteiger partial charge in [-0.1, -0.05) is 12.8 Å². The number of aromatic carboxylic acids is 1. The molecule has 0 spiro atoms. The summed E-state index contributed by atoms with van der Waals surface area (Å²) in [6.45, 7) is 0. The van der Waals surface area contributed by atoms with E-state index in [1.165, 1.54) is 12.1 Å². The molecular weight excluding hydrogens is 312 g/mol. The molecule has 0 radical (unpaired) electrons. The van der Waals surface area contributed by atoms with Crippen LogP contribution in [-0.4, -0.2) is 23.1 Å². The Labute approximate surface area is 119 Å². The van der Waals surface area contributed by atoms with Crippen molar-refractivity contribution in [2.24, 2.45) is 0 Å². The molecule has 6 heteroatoms. The molecule has 2 amide bonds. The number of carboxylic acids is 1. The molecule has 0 aliphatic heterocycles. The fourth-order valence-electron chi connectivity index (χ4n) is 2.17. The van der Waals surface area contributed by atoms with Gasteiger partial charge in [0.2, 0.25) is 0 Å². The van der Waals surface area contributed by atoms with Crippen molar-refractivity contribution >= 4 is 33.6 Å². The van der Waals surface area contributed by atoms with Crippen molar-refractivity contribution in [1.29, 1.82) is 0 Å². The summed E-state index contributed by atoms with van der Waals surface area (Å²) in [5.74, 6) is -1.02. The van der Waals surface area contributed by atoms with Crippen LogP contribution in [0, 0.1) is 0 Å². The molecule has 0 bridgehead atoms. The van der Waals surface area contributed by atoms with E-state index in [1.54, 1.807) is 6.07 Å². The van der Waals surface area contributed by atoms with Gasteiger partial charge in [-0.15, -0.1) is 0 Å². The third-order valence-corrected chi connectivity index (χ3v) is 3.84. The molecule has 1 aliphatic rings. The topological polar surface area (TPSA) is 78.4 Å². The summed E-state index contributed by atoms with van der Waals surface area (Å²) in [7, 11) is 0. The lowest BCUT2D eigenvalue weighted by molar-refractivity contribution is 0.0697. The fourth-order valence-corrected chi connectivity index (χ4v) is 2.51. The van der Waals surface area contributed by atoms with Crippen molar-refractivity contribution < 1.29 is 14.7 Å². The summed E-state index contributed by atoms with van der Waals surface area (Å²) < 4.78 is 0.652. The molecule has 1 fully saturated rings. The molecule has 1 aromatic rings. The van der Waals surface area contributed by atoms with Gasteiger partial charge in [-0.25, -0.2) is 9.59 Å². The zero-order chi connectivity index (χ0) is 13.8. The summed E-state index contributed by atoms with van der Waals surface area (Å²) >= 11 is 3.29. The van der Waals surface area contributed by atoms with Crippen molar-refractivity contribution in [2.75, 3.05) is 5.32 Å². The minimum Gasteiger partial charge on any atom is -0.478 e. The number of rotatable bonds is 3. The van der Waals surface area contributed by atoms with Crippen LogP contribution in [0.5, 0.6) is 0 Å². The van der Waals surface area contributed by atoms with Gasteiger partial charge in [0.05, 0.1) is 11.3 Å². The zero-order valence-corrected chi connectivity index (χ0v) is 11.9. The minimum atomic E-state index is -1.02. The number of hydrogen-bond acceptors (Lipinski definition) is 2. The zero-order valence-electron chi connectivity index (χ0n) is 10.3. The third kappa shape index (κ3) is 3.70. The van der Waals surface area contributed by atoms with Crippen molar-refractivity contribution in [3.63, 3.8) is 0 Å². The predicted octanol–water partition coefficient (Wildman–Crippen LogP) is 3.21. The lowest BCUT2D eigenvalue weighted by Crippen LogP contribution is -2.36. The number of carbonyl (C=O) groups excluding carboxylic acids is 1. The Hall–Kier alpha value is -1.56. The number of amides is 2. The van der Waals surface area contributed by atoms with Crippen LogP contribution in [0.15, 0.2) is 22.7 Å². The number of carboxylic acid groups (broad SMARTS) is 1. The monoisotopic (exact) mass is 326 g/mol. The Morgan fingerprint density at radius 2 is 1.95 bits per heavy atom. The number of carbonyl (C=O) groups is 2. The Morgan fingerprint density at radius 3 is 2.58 bits per heavy atom. The molecule has 1 aromatic carbocycles. The van der Waals surface area contributed by atoms with Gasteiger partial charge in [0.15, 0.2) is 0 Å². The van der Waals surface area contributed by atoms with Crippen molar-refractivity contribution in [3.8, 4) is 0 Å². The smallest absolute Gasteiger partial charge is 0.335 e. The average molecular weight is 327 g/mol. The van der Waals surface area contributed by atoms with E-state index in [-0.39, 0.29) is 17.6 Å². The van der Waals surface area contributed by atoms with E-state index in [4.69, 9.17) is 5.11 Å². The summed E-state index contributed by atoms with van der Waals surface area (Å²) in [5, 5.41) is 14.5. The number of benzene rings is 1. The van der Waals surface area contributed by atoms with Gasteiger partial charge in [-0.05, 0) is 47.0 Å². The van der Waals surface area contributed by atoms with Crippen LogP contribution < -0.4 is 10.6 Å². The molecule has 102 valence electrons. The lowest BCUT2D eigenvalue weighted by atomic mass is 10.2. The molecule has 0 atom stereocenters. The second-order valence-corrected chi connectivity index (χ2v) is 5.43. The highest BCUT2D eigenvalue weighted by Crippen LogP contribution is 2.24. The van der Waals surface area contributed by atoms with Crippen LogP contribution in [-0.2, 0) is 0 Å². The van der Waals surface area contributed by atoms with Crippen molar-refractivity contribution in [3.05, 3.63) is 28.2 Å². The maximum Gasteiger partial charge on any atom is 0.335 e. The maximum atomic E-state index is 11.8. The standard InChI is InChI=1S/C13H15BrN2O3/c14-10-6-5-8(12(17)18)7-11(10)16-13(19)15-9-3-1-2-4-9/h5-7,9H,1-4H2,(H,17,18)(H2,15,16,19). The Morgan fingerprint density at radius 1 is 1.26 bits per heavy atom. The molecule has 19 heavy (non-hydrogen) atoms. The number of urea groups is 1. The third-order valence-electron chi connectivity index (χ3n) is 3.15. The van der Waals surface area contributed by atoms with E-state index in [0.717, 1.165) is 25.7 Å². The van der Waals surface area contributed by atoms with Gasteiger partial charge in [-0.3, -0.25) is 0 Å². The normalized spacial score (nSPS) is 15.2. The fraction of sp³-hybridized carbons (Fsp3) is 0.385. The van der Waals surface area contributed by atoms with E-state index in [0.29, 0.717) is 10.2 Å².